The van der Waals surface area contributed by atoms with Gasteiger partial charge in [0.2, 0.25) is 0 Å². The largest absolute Gasteiger partial charge is 0.495 e. The van der Waals surface area contributed by atoms with Gasteiger partial charge in [-0.25, -0.2) is 0 Å². The number of methoxy groups -OCH3 is 1. The first-order chi connectivity index (χ1) is 14.0. The summed E-state index contributed by atoms with van der Waals surface area (Å²) in [6.07, 6.45) is 0.802. The smallest absolute Gasteiger partial charge is 0.306 e. The number of hydrogen-bond donors (Lipinski definition) is 1. The number of para-hydroxylation sites is 2. The number of ether oxygens (including phenoxy) is 3. The van der Waals surface area contributed by atoms with Crippen LogP contribution in [0.1, 0.15) is 36.5 Å². The number of ketones is 1. The Morgan fingerprint density at radius 1 is 0.966 bits per heavy atom. The van der Waals surface area contributed by atoms with Crippen LogP contribution in [0.2, 0.25) is 0 Å². The fourth-order valence-electron chi connectivity index (χ4n) is 2.47. The van der Waals surface area contributed by atoms with Gasteiger partial charge in [0.15, 0.2) is 12.4 Å². The van der Waals surface area contributed by atoms with Crippen LogP contribution in [0.25, 0.3) is 0 Å². The standard InChI is InChI=1S/C22H25NO6/c1-3-14-28-17-10-8-16(9-11-17)19(24)12-13-22(26)29-15-21(25)23-18-6-4-5-7-20(18)27-2/h4-11H,3,12-15H2,1-2H3,(H,23,25). The van der Waals surface area contributed by atoms with Crippen LogP contribution in [0, 0.1) is 0 Å². The summed E-state index contributed by atoms with van der Waals surface area (Å²) in [6.45, 7) is 2.19. The predicted octanol–water partition coefficient (Wildman–Crippen LogP) is 3.63. The van der Waals surface area contributed by atoms with E-state index in [9.17, 15) is 14.4 Å². The molecule has 0 unspecified atom stereocenters. The SMILES string of the molecule is CCCOc1ccc(C(=O)CCC(=O)OCC(=O)Nc2ccccc2OC)cc1. The molecule has 0 radical (unpaired) electrons. The molecule has 0 aromatic heterocycles. The number of rotatable bonds is 11. The van der Waals surface area contributed by atoms with Crippen molar-refractivity contribution in [3.63, 3.8) is 0 Å². The van der Waals surface area contributed by atoms with E-state index in [4.69, 9.17) is 14.2 Å². The lowest BCUT2D eigenvalue weighted by atomic mass is 10.1. The molecule has 1 N–H and O–H groups in total. The summed E-state index contributed by atoms with van der Waals surface area (Å²) < 4.78 is 15.5. The van der Waals surface area contributed by atoms with Gasteiger partial charge < -0.3 is 19.5 Å². The second-order valence-electron chi connectivity index (χ2n) is 6.21. The van der Waals surface area contributed by atoms with Crippen molar-refractivity contribution in [3.05, 3.63) is 54.1 Å². The van der Waals surface area contributed by atoms with E-state index in [1.54, 1.807) is 48.5 Å². The van der Waals surface area contributed by atoms with Crippen molar-refractivity contribution in [3.8, 4) is 11.5 Å². The fraction of sp³-hybridized carbons (Fsp3) is 0.318. The molecule has 0 fully saturated rings. The number of Topliss-reactive ketones (excluding diaryl/α,β-unsaturated/α-hetero) is 1. The van der Waals surface area contributed by atoms with Crippen molar-refractivity contribution in [1.82, 2.24) is 0 Å². The van der Waals surface area contributed by atoms with E-state index in [2.05, 4.69) is 5.32 Å². The zero-order valence-corrected chi connectivity index (χ0v) is 16.6. The van der Waals surface area contributed by atoms with Gasteiger partial charge in [-0.3, -0.25) is 14.4 Å². The number of anilines is 1. The number of carbonyl (C=O) groups is 3. The van der Waals surface area contributed by atoms with Crippen molar-refractivity contribution in [2.75, 3.05) is 25.6 Å². The molecule has 7 heteroatoms. The number of hydrogen-bond acceptors (Lipinski definition) is 6. The van der Waals surface area contributed by atoms with Crippen molar-refractivity contribution in [2.45, 2.75) is 26.2 Å². The van der Waals surface area contributed by atoms with Gasteiger partial charge >= 0.3 is 5.97 Å². The lowest BCUT2D eigenvalue weighted by molar-refractivity contribution is -0.147. The molecule has 0 saturated heterocycles. The summed E-state index contributed by atoms with van der Waals surface area (Å²) in [6, 6.07) is 13.7. The first-order valence-electron chi connectivity index (χ1n) is 9.38. The van der Waals surface area contributed by atoms with Crippen LogP contribution in [-0.2, 0) is 14.3 Å². The minimum Gasteiger partial charge on any atom is -0.495 e. The third kappa shape index (κ3) is 7.29. The molecule has 7 nitrogen and oxygen atoms in total. The van der Waals surface area contributed by atoms with Crippen LogP contribution in [0.15, 0.2) is 48.5 Å². The van der Waals surface area contributed by atoms with Crippen molar-refractivity contribution in [2.24, 2.45) is 0 Å². The maximum Gasteiger partial charge on any atom is 0.306 e. The lowest BCUT2D eigenvalue weighted by Crippen LogP contribution is -2.21. The van der Waals surface area contributed by atoms with Crippen LogP contribution in [0.3, 0.4) is 0 Å². The van der Waals surface area contributed by atoms with Gasteiger partial charge in [-0.1, -0.05) is 19.1 Å². The number of nitrogens with one attached hydrogen (secondary N) is 1. The zero-order valence-electron chi connectivity index (χ0n) is 16.6. The summed E-state index contributed by atoms with van der Waals surface area (Å²) in [4.78, 5) is 35.9. The Hall–Kier alpha value is -3.35. The molecular weight excluding hydrogens is 374 g/mol. The third-order valence-electron chi connectivity index (χ3n) is 3.95. The van der Waals surface area contributed by atoms with E-state index in [1.165, 1.54) is 7.11 Å². The molecule has 0 bridgehead atoms. The molecule has 154 valence electrons. The number of amides is 1. The summed E-state index contributed by atoms with van der Waals surface area (Å²) in [7, 11) is 1.49. The number of esters is 1. The van der Waals surface area contributed by atoms with Crippen LogP contribution in [0.4, 0.5) is 5.69 Å². The Labute approximate surface area is 170 Å². The molecule has 0 aliphatic carbocycles. The van der Waals surface area contributed by atoms with Crippen LogP contribution in [0.5, 0.6) is 11.5 Å². The average molecular weight is 399 g/mol. The zero-order chi connectivity index (χ0) is 21.1. The van der Waals surface area contributed by atoms with E-state index in [0.717, 1.165) is 6.42 Å². The highest BCUT2D eigenvalue weighted by atomic mass is 16.5. The number of benzene rings is 2. The summed E-state index contributed by atoms with van der Waals surface area (Å²) >= 11 is 0. The van der Waals surface area contributed by atoms with Gasteiger partial charge in [-0.15, -0.1) is 0 Å². The summed E-state index contributed by atoms with van der Waals surface area (Å²) in [5, 5.41) is 2.61. The van der Waals surface area contributed by atoms with Gasteiger partial charge in [0, 0.05) is 12.0 Å². The number of carbonyl (C=O) groups excluding carboxylic acids is 3. The Kier molecular flexibility index (Phi) is 8.69. The molecule has 0 atom stereocenters. The molecule has 0 spiro atoms. The normalized spacial score (nSPS) is 10.1. The van der Waals surface area contributed by atoms with Gasteiger partial charge in [0.05, 0.1) is 25.8 Å². The quantitative estimate of drug-likeness (QED) is 0.458. The highest BCUT2D eigenvalue weighted by Crippen LogP contribution is 2.22. The summed E-state index contributed by atoms with van der Waals surface area (Å²) in [5.74, 6) is -0.0801. The average Bonchev–Trinajstić information content (AvgIpc) is 2.75. The first-order valence-corrected chi connectivity index (χ1v) is 9.38. The first kappa shape index (κ1) is 21.9. The highest BCUT2D eigenvalue weighted by molar-refractivity contribution is 5.98. The monoisotopic (exact) mass is 399 g/mol. The summed E-state index contributed by atoms with van der Waals surface area (Å²) in [5.41, 5.74) is 0.980. The molecule has 0 saturated carbocycles. The van der Waals surface area contributed by atoms with Crippen LogP contribution < -0.4 is 14.8 Å². The molecule has 2 rings (SSSR count). The molecule has 29 heavy (non-hydrogen) atoms. The molecule has 2 aromatic carbocycles. The van der Waals surface area contributed by atoms with Gasteiger partial charge in [0.1, 0.15) is 11.5 Å². The van der Waals surface area contributed by atoms with Crippen molar-refractivity contribution < 1.29 is 28.6 Å². The van der Waals surface area contributed by atoms with E-state index < -0.39 is 18.5 Å². The van der Waals surface area contributed by atoms with E-state index >= 15 is 0 Å². The fourth-order valence-corrected chi connectivity index (χ4v) is 2.47. The third-order valence-corrected chi connectivity index (χ3v) is 3.95. The Bertz CT molecular complexity index is 831. The van der Waals surface area contributed by atoms with Gasteiger partial charge in [-0.2, -0.15) is 0 Å². The van der Waals surface area contributed by atoms with E-state index in [1.807, 2.05) is 6.92 Å². The maximum absolute atomic E-state index is 12.2. The Morgan fingerprint density at radius 3 is 2.38 bits per heavy atom. The second kappa shape index (κ2) is 11.5. The lowest BCUT2D eigenvalue weighted by Gasteiger charge is -2.10. The molecule has 0 aliphatic rings. The van der Waals surface area contributed by atoms with Crippen molar-refractivity contribution >= 4 is 23.3 Å². The van der Waals surface area contributed by atoms with E-state index in [-0.39, 0.29) is 18.6 Å². The van der Waals surface area contributed by atoms with Gasteiger partial charge in [0.25, 0.3) is 5.91 Å². The minimum absolute atomic E-state index is 0.00211. The Morgan fingerprint density at radius 2 is 1.69 bits per heavy atom. The molecule has 2 aromatic rings. The molecule has 1 amide bonds. The maximum atomic E-state index is 12.2. The predicted molar refractivity (Wildman–Crippen MR) is 108 cm³/mol. The van der Waals surface area contributed by atoms with Gasteiger partial charge in [-0.05, 0) is 42.8 Å². The minimum atomic E-state index is -0.614. The Balaban J connectivity index is 1.73. The second-order valence-corrected chi connectivity index (χ2v) is 6.21. The molecule has 0 heterocycles. The topological polar surface area (TPSA) is 90.9 Å². The highest BCUT2D eigenvalue weighted by Gasteiger charge is 2.13. The van der Waals surface area contributed by atoms with Crippen LogP contribution in [-0.4, -0.2) is 38.0 Å². The molecular formula is C22H25NO6. The molecule has 0 aliphatic heterocycles. The van der Waals surface area contributed by atoms with Crippen LogP contribution >= 0.6 is 0 Å². The van der Waals surface area contributed by atoms with E-state index in [0.29, 0.717) is 29.4 Å². The van der Waals surface area contributed by atoms with Crippen molar-refractivity contribution in [1.29, 1.82) is 0 Å².